The zero-order valence-corrected chi connectivity index (χ0v) is 10.8. The molecule has 1 fully saturated rings. The summed E-state index contributed by atoms with van der Waals surface area (Å²) >= 11 is 0. The molecule has 0 unspecified atom stereocenters. The van der Waals surface area contributed by atoms with Crippen LogP contribution in [-0.4, -0.2) is 52.2 Å². The summed E-state index contributed by atoms with van der Waals surface area (Å²) in [6.07, 6.45) is 6.06. The van der Waals surface area contributed by atoms with Gasteiger partial charge in [-0.25, -0.2) is 4.79 Å². The summed E-state index contributed by atoms with van der Waals surface area (Å²) in [5.74, 6) is -2.45. The highest BCUT2D eigenvalue weighted by molar-refractivity contribution is 5.84. The van der Waals surface area contributed by atoms with Gasteiger partial charge in [0, 0.05) is 6.04 Å². The molecule has 0 aromatic carbocycles. The molecule has 0 aromatic rings. The molecule has 1 saturated carbocycles. The van der Waals surface area contributed by atoms with E-state index in [9.17, 15) is 14.4 Å². The molecule has 1 rings (SSSR count). The van der Waals surface area contributed by atoms with Crippen molar-refractivity contribution < 1.29 is 24.6 Å². The Morgan fingerprint density at radius 2 is 1.42 bits per heavy atom. The monoisotopic (exact) mass is 272 g/mol. The molecule has 0 spiro atoms. The SMILES string of the molecule is O=C(O)CN(CC(=O)O)C(=O)NC1CCCCCC1. The van der Waals surface area contributed by atoms with E-state index in [1.807, 2.05) is 0 Å². The van der Waals surface area contributed by atoms with Gasteiger partial charge in [-0.2, -0.15) is 0 Å². The number of nitrogens with zero attached hydrogens (tertiary/aromatic N) is 1. The molecule has 3 N–H and O–H groups in total. The molecule has 108 valence electrons. The highest BCUT2D eigenvalue weighted by Gasteiger charge is 2.22. The van der Waals surface area contributed by atoms with Crippen LogP contribution in [0, 0.1) is 0 Å². The Hall–Kier alpha value is -1.79. The van der Waals surface area contributed by atoms with Gasteiger partial charge in [0.2, 0.25) is 0 Å². The molecule has 0 radical (unpaired) electrons. The van der Waals surface area contributed by atoms with Gasteiger partial charge in [0.15, 0.2) is 0 Å². The van der Waals surface area contributed by atoms with Crippen LogP contribution in [0.1, 0.15) is 38.5 Å². The fourth-order valence-electron chi connectivity index (χ4n) is 2.22. The lowest BCUT2D eigenvalue weighted by Crippen LogP contribution is -2.48. The lowest BCUT2D eigenvalue weighted by atomic mass is 10.1. The van der Waals surface area contributed by atoms with Crippen LogP contribution in [0.2, 0.25) is 0 Å². The smallest absolute Gasteiger partial charge is 0.323 e. The Kier molecular flexibility index (Phi) is 6.11. The van der Waals surface area contributed by atoms with Crippen molar-refractivity contribution >= 4 is 18.0 Å². The summed E-state index contributed by atoms with van der Waals surface area (Å²) in [7, 11) is 0. The first kappa shape index (κ1) is 15.3. The maximum Gasteiger partial charge on any atom is 0.323 e. The second kappa shape index (κ2) is 7.60. The van der Waals surface area contributed by atoms with Crippen molar-refractivity contribution in [2.45, 2.75) is 44.6 Å². The van der Waals surface area contributed by atoms with Crippen molar-refractivity contribution in [2.75, 3.05) is 13.1 Å². The van der Waals surface area contributed by atoms with Crippen LogP contribution in [0.25, 0.3) is 0 Å². The largest absolute Gasteiger partial charge is 0.480 e. The quantitative estimate of drug-likeness (QED) is 0.644. The third-order valence-electron chi connectivity index (χ3n) is 3.12. The average Bonchev–Trinajstić information content (AvgIpc) is 2.55. The first-order valence-corrected chi connectivity index (χ1v) is 6.48. The van der Waals surface area contributed by atoms with Gasteiger partial charge in [0.25, 0.3) is 0 Å². The minimum absolute atomic E-state index is 0.0140. The zero-order valence-electron chi connectivity index (χ0n) is 10.8. The average molecular weight is 272 g/mol. The highest BCUT2D eigenvalue weighted by atomic mass is 16.4. The third kappa shape index (κ3) is 6.08. The number of hydrogen-bond donors (Lipinski definition) is 3. The molecule has 0 atom stereocenters. The van der Waals surface area contributed by atoms with Gasteiger partial charge in [0.05, 0.1) is 0 Å². The Labute approximate surface area is 111 Å². The summed E-state index contributed by atoms with van der Waals surface area (Å²) in [5, 5.41) is 20.1. The molecular formula is C12H20N2O5. The minimum Gasteiger partial charge on any atom is -0.480 e. The number of carboxylic acids is 2. The Bertz CT molecular complexity index is 321. The Morgan fingerprint density at radius 3 is 1.84 bits per heavy atom. The number of nitrogens with one attached hydrogen (secondary N) is 1. The fourth-order valence-corrected chi connectivity index (χ4v) is 2.22. The molecule has 7 nitrogen and oxygen atoms in total. The van der Waals surface area contributed by atoms with Gasteiger partial charge in [0.1, 0.15) is 13.1 Å². The molecule has 7 heteroatoms. The molecule has 19 heavy (non-hydrogen) atoms. The highest BCUT2D eigenvalue weighted by Crippen LogP contribution is 2.17. The number of carbonyl (C=O) groups excluding carboxylic acids is 1. The summed E-state index contributed by atoms with van der Waals surface area (Å²) in [6, 6.07) is -0.600. The molecular weight excluding hydrogens is 252 g/mol. The van der Waals surface area contributed by atoms with Gasteiger partial charge in [-0.1, -0.05) is 25.7 Å². The van der Waals surface area contributed by atoms with Gasteiger partial charge in [-0.15, -0.1) is 0 Å². The normalized spacial score (nSPS) is 16.4. The number of urea groups is 1. The van der Waals surface area contributed by atoms with Gasteiger partial charge in [-0.3, -0.25) is 9.59 Å². The van der Waals surface area contributed by atoms with Crippen LogP contribution < -0.4 is 5.32 Å². The van der Waals surface area contributed by atoms with E-state index in [-0.39, 0.29) is 6.04 Å². The van der Waals surface area contributed by atoms with E-state index < -0.39 is 31.1 Å². The second-order valence-electron chi connectivity index (χ2n) is 4.78. The van der Waals surface area contributed by atoms with E-state index in [1.54, 1.807) is 0 Å². The number of carboxylic acid groups (broad SMARTS) is 2. The number of hydrogen-bond acceptors (Lipinski definition) is 3. The van der Waals surface area contributed by atoms with E-state index in [4.69, 9.17) is 10.2 Å². The van der Waals surface area contributed by atoms with Crippen molar-refractivity contribution in [1.82, 2.24) is 10.2 Å². The van der Waals surface area contributed by atoms with E-state index in [2.05, 4.69) is 5.32 Å². The summed E-state index contributed by atoms with van der Waals surface area (Å²) in [4.78, 5) is 33.9. The maximum atomic E-state index is 11.9. The zero-order chi connectivity index (χ0) is 14.3. The molecule has 1 aliphatic carbocycles. The maximum absolute atomic E-state index is 11.9. The van der Waals surface area contributed by atoms with Crippen LogP contribution in [0.3, 0.4) is 0 Å². The predicted octanol–water partition coefficient (Wildman–Crippen LogP) is 0.890. The number of rotatable bonds is 5. The molecule has 0 aliphatic heterocycles. The number of amides is 2. The van der Waals surface area contributed by atoms with Crippen molar-refractivity contribution in [3.05, 3.63) is 0 Å². The van der Waals surface area contributed by atoms with Crippen LogP contribution in [0.4, 0.5) is 4.79 Å². The van der Waals surface area contributed by atoms with E-state index in [1.165, 1.54) is 0 Å². The van der Waals surface area contributed by atoms with E-state index in [0.29, 0.717) is 0 Å². The van der Waals surface area contributed by atoms with Crippen molar-refractivity contribution in [1.29, 1.82) is 0 Å². The third-order valence-corrected chi connectivity index (χ3v) is 3.12. The standard InChI is InChI=1S/C12H20N2O5/c15-10(16)7-14(8-11(17)18)12(19)13-9-5-3-1-2-4-6-9/h9H,1-8H2,(H,13,19)(H,15,16)(H,17,18). The molecule has 0 bridgehead atoms. The van der Waals surface area contributed by atoms with E-state index in [0.717, 1.165) is 43.4 Å². The second-order valence-corrected chi connectivity index (χ2v) is 4.78. The summed E-state index contributed by atoms with van der Waals surface area (Å²) in [6.45, 7) is -1.21. The van der Waals surface area contributed by atoms with Gasteiger partial charge < -0.3 is 20.4 Å². The van der Waals surface area contributed by atoms with Crippen LogP contribution >= 0.6 is 0 Å². The first-order valence-electron chi connectivity index (χ1n) is 6.48. The van der Waals surface area contributed by atoms with Crippen LogP contribution in [0.5, 0.6) is 0 Å². The van der Waals surface area contributed by atoms with Crippen molar-refractivity contribution in [3.8, 4) is 0 Å². The minimum atomic E-state index is -1.22. The topological polar surface area (TPSA) is 107 Å². The molecule has 1 aliphatic rings. The van der Waals surface area contributed by atoms with E-state index >= 15 is 0 Å². The van der Waals surface area contributed by atoms with Crippen LogP contribution in [0.15, 0.2) is 0 Å². The predicted molar refractivity (Wildman–Crippen MR) is 66.9 cm³/mol. The molecule has 0 aromatic heterocycles. The Balaban J connectivity index is 2.53. The summed E-state index contributed by atoms with van der Waals surface area (Å²) < 4.78 is 0. The lowest BCUT2D eigenvalue weighted by Gasteiger charge is -2.23. The van der Waals surface area contributed by atoms with Crippen molar-refractivity contribution in [3.63, 3.8) is 0 Å². The fraction of sp³-hybridized carbons (Fsp3) is 0.750. The van der Waals surface area contributed by atoms with Gasteiger partial charge in [-0.05, 0) is 12.8 Å². The molecule has 0 heterocycles. The van der Waals surface area contributed by atoms with Crippen LogP contribution in [-0.2, 0) is 9.59 Å². The number of aliphatic carboxylic acids is 2. The number of carbonyl (C=O) groups is 3. The van der Waals surface area contributed by atoms with Gasteiger partial charge >= 0.3 is 18.0 Å². The Morgan fingerprint density at radius 1 is 0.947 bits per heavy atom. The lowest BCUT2D eigenvalue weighted by molar-refractivity contribution is -0.140. The first-order chi connectivity index (χ1) is 8.99. The van der Waals surface area contributed by atoms with Crippen molar-refractivity contribution in [2.24, 2.45) is 0 Å². The molecule has 0 saturated heterocycles. The molecule has 2 amide bonds. The summed E-state index contributed by atoms with van der Waals surface area (Å²) in [5.41, 5.74) is 0.